The molecule has 1 saturated carbocycles. The molecule has 0 aromatic heterocycles. The first-order valence-corrected chi connectivity index (χ1v) is 9.52. The topological polar surface area (TPSA) is 61.4 Å². The molecule has 4 rings (SSSR count). The lowest BCUT2D eigenvalue weighted by atomic mass is 10.0. The van der Waals surface area contributed by atoms with Crippen LogP contribution in [0, 0.1) is 19.8 Å². The number of amides is 3. The van der Waals surface area contributed by atoms with E-state index in [1.807, 2.05) is 61.2 Å². The standard InChI is InChI=1S/C22H25N3O2/c1-14-8-9-19(15(2)10-14)24-22(27)25-13-17-11-18(25)12-20(17)23-21(26)16-6-4-3-5-7-16/h3-10,17-18,20H,11-13H2,1-2H3,(H,23,26)(H,24,27). The van der Waals surface area contributed by atoms with E-state index in [2.05, 4.69) is 16.7 Å². The molecule has 2 bridgehead atoms. The van der Waals surface area contributed by atoms with Crippen LogP contribution in [-0.2, 0) is 0 Å². The number of hydrogen-bond acceptors (Lipinski definition) is 2. The number of anilines is 1. The molecule has 2 fully saturated rings. The first-order valence-electron chi connectivity index (χ1n) is 9.52. The molecule has 1 heterocycles. The van der Waals surface area contributed by atoms with Crippen LogP contribution in [0.15, 0.2) is 48.5 Å². The minimum Gasteiger partial charge on any atom is -0.349 e. The highest BCUT2D eigenvalue weighted by molar-refractivity contribution is 5.94. The van der Waals surface area contributed by atoms with Crippen molar-refractivity contribution in [2.24, 2.45) is 5.92 Å². The summed E-state index contributed by atoms with van der Waals surface area (Å²) in [6, 6.07) is 15.6. The van der Waals surface area contributed by atoms with Gasteiger partial charge in [-0.1, -0.05) is 35.9 Å². The predicted octanol–water partition coefficient (Wildman–Crippen LogP) is 3.73. The average Bonchev–Trinajstić information content (AvgIpc) is 3.25. The summed E-state index contributed by atoms with van der Waals surface area (Å²) >= 11 is 0. The van der Waals surface area contributed by atoms with E-state index in [0.29, 0.717) is 18.0 Å². The molecule has 0 radical (unpaired) electrons. The summed E-state index contributed by atoms with van der Waals surface area (Å²) in [6.07, 6.45) is 1.78. The number of hydrogen-bond donors (Lipinski definition) is 2. The van der Waals surface area contributed by atoms with Crippen LogP contribution in [0.25, 0.3) is 0 Å². The third-order valence-electron chi connectivity index (χ3n) is 5.78. The van der Waals surface area contributed by atoms with E-state index < -0.39 is 0 Å². The van der Waals surface area contributed by atoms with Crippen molar-refractivity contribution in [2.75, 3.05) is 11.9 Å². The SMILES string of the molecule is Cc1ccc(NC(=O)N2CC3CC2CC3NC(=O)c2ccccc2)c(C)c1. The van der Waals surface area contributed by atoms with E-state index in [1.165, 1.54) is 5.56 Å². The number of benzene rings is 2. The van der Waals surface area contributed by atoms with Gasteiger partial charge in [0.1, 0.15) is 0 Å². The van der Waals surface area contributed by atoms with Crippen LogP contribution in [-0.4, -0.2) is 35.5 Å². The molecule has 1 aliphatic heterocycles. The highest BCUT2D eigenvalue weighted by Crippen LogP contribution is 2.38. The molecular formula is C22H25N3O2. The van der Waals surface area contributed by atoms with Crippen LogP contribution in [0.2, 0.25) is 0 Å². The maximum Gasteiger partial charge on any atom is 0.322 e. The quantitative estimate of drug-likeness (QED) is 0.873. The molecule has 2 N–H and O–H groups in total. The number of likely N-dealkylation sites (tertiary alicyclic amines) is 1. The maximum absolute atomic E-state index is 12.7. The normalized spacial score (nSPS) is 23.3. The lowest BCUT2D eigenvalue weighted by molar-refractivity contribution is 0.0915. The fourth-order valence-corrected chi connectivity index (χ4v) is 4.36. The molecule has 2 aliphatic rings. The Labute approximate surface area is 159 Å². The molecule has 1 aliphatic carbocycles. The van der Waals surface area contributed by atoms with E-state index in [4.69, 9.17) is 0 Å². The number of carbonyl (C=O) groups is 2. The summed E-state index contributed by atoms with van der Waals surface area (Å²) < 4.78 is 0. The van der Waals surface area contributed by atoms with Gasteiger partial charge < -0.3 is 15.5 Å². The third-order valence-corrected chi connectivity index (χ3v) is 5.78. The molecule has 0 spiro atoms. The Morgan fingerprint density at radius 2 is 1.81 bits per heavy atom. The number of aryl methyl sites for hydroxylation is 2. The van der Waals surface area contributed by atoms with E-state index in [0.717, 1.165) is 24.1 Å². The van der Waals surface area contributed by atoms with Gasteiger partial charge in [0.05, 0.1) is 0 Å². The number of rotatable bonds is 3. The highest BCUT2D eigenvalue weighted by atomic mass is 16.2. The zero-order valence-corrected chi connectivity index (χ0v) is 15.7. The number of nitrogens with zero attached hydrogens (tertiary/aromatic N) is 1. The Morgan fingerprint density at radius 3 is 2.48 bits per heavy atom. The summed E-state index contributed by atoms with van der Waals surface area (Å²) in [7, 11) is 0. The lowest BCUT2D eigenvalue weighted by Gasteiger charge is -2.32. The van der Waals surface area contributed by atoms with Crippen LogP contribution in [0.1, 0.15) is 34.3 Å². The molecule has 2 aromatic carbocycles. The zero-order chi connectivity index (χ0) is 19.0. The van der Waals surface area contributed by atoms with Crippen LogP contribution >= 0.6 is 0 Å². The molecule has 3 amide bonds. The van der Waals surface area contributed by atoms with Gasteiger partial charge in [0.2, 0.25) is 0 Å². The van der Waals surface area contributed by atoms with Crippen molar-refractivity contribution in [1.82, 2.24) is 10.2 Å². The van der Waals surface area contributed by atoms with Gasteiger partial charge in [0, 0.05) is 29.9 Å². The van der Waals surface area contributed by atoms with Crippen molar-refractivity contribution in [3.63, 3.8) is 0 Å². The van der Waals surface area contributed by atoms with Crippen molar-refractivity contribution < 1.29 is 9.59 Å². The van der Waals surface area contributed by atoms with Gasteiger partial charge in [-0.2, -0.15) is 0 Å². The fourth-order valence-electron chi connectivity index (χ4n) is 4.36. The Kier molecular flexibility index (Phi) is 4.60. The van der Waals surface area contributed by atoms with E-state index in [9.17, 15) is 9.59 Å². The lowest BCUT2D eigenvalue weighted by Crippen LogP contribution is -2.48. The largest absolute Gasteiger partial charge is 0.349 e. The smallest absolute Gasteiger partial charge is 0.322 e. The second-order valence-electron chi connectivity index (χ2n) is 7.73. The predicted molar refractivity (Wildman–Crippen MR) is 106 cm³/mol. The van der Waals surface area contributed by atoms with Crippen LogP contribution in [0.5, 0.6) is 0 Å². The first-order chi connectivity index (χ1) is 13.0. The molecule has 140 valence electrons. The minimum atomic E-state index is -0.0395. The van der Waals surface area contributed by atoms with Crippen molar-refractivity contribution in [3.05, 3.63) is 65.2 Å². The van der Waals surface area contributed by atoms with Crippen molar-refractivity contribution in [3.8, 4) is 0 Å². The summed E-state index contributed by atoms with van der Waals surface area (Å²) in [4.78, 5) is 27.0. The summed E-state index contributed by atoms with van der Waals surface area (Å²) in [6.45, 7) is 4.75. The second kappa shape index (κ2) is 7.06. The van der Waals surface area contributed by atoms with Gasteiger partial charge in [-0.3, -0.25) is 4.79 Å². The summed E-state index contributed by atoms with van der Waals surface area (Å²) in [5.41, 5.74) is 3.80. The molecule has 27 heavy (non-hydrogen) atoms. The molecular weight excluding hydrogens is 338 g/mol. The van der Waals surface area contributed by atoms with Gasteiger partial charge in [0.15, 0.2) is 0 Å². The van der Waals surface area contributed by atoms with Gasteiger partial charge in [-0.15, -0.1) is 0 Å². The van der Waals surface area contributed by atoms with Crippen LogP contribution < -0.4 is 10.6 Å². The van der Waals surface area contributed by atoms with Crippen molar-refractivity contribution in [2.45, 2.75) is 38.8 Å². The average molecular weight is 363 g/mol. The molecule has 3 atom stereocenters. The number of urea groups is 1. The van der Waals surface area contributed by atoms with E-state index in [-0.39, 0.29) is 24.0 Å². The minimum absolute atomic E-state index is 0.0283. The van der Waals surface area contributed by atoms with Gasteiger partial charge >= 0.3 is 6.03 Å². The Bertz CT molecular complexity index is 865. The number of piperidine rings is 1. The summed E-state index contributed by atoms with van der Waals surface area (Å²) in [5.74, 6) is 0.298. The second-order valence-corrected chi connectivity index (χ2v) is 7.73. The zero-order valence-electron chi connectivity index (χ0n) is 15.7. The molecule has 3 unspecified atom stereocenters. The summed E-state index contributed by atoms with van der Waals surface area (Å²) in [5, 5.41) is 6.20. The van der Waals surface area contributed by atoms with Crippen LogP contribution in [0.4, 0.5) is 10.5 Å². The van der Waals surface area contributed by atoms with Gasteiger partial charge in [-0.05, 0) is 56.4 Å². The molecule has 5 nitrogen and oxygen atoms in total. The third kappa shape index (κ3) is 3.54. The highest BCUT2D eigenvalue weighted by Gasteiger charge is 2.47. The number of carbonyl (C=O) groups excluding carboxylic acids is 2. The Hall–Kier alpha value is -2.82. The fraction of sp³-hybridized carbons (Fsp3) is 0.364. The van der Waals surface area contributed by atoms with Gasteiger partial charge in [0.25, 0.3) is 5.91 Å². The van der Waals surface area contributed by atoms with Crippen LogP contribution in [0.3, 0.4) is 0 Å². The molecule has 2 aromatic rings. The first kappa shape index (κ1) is 17.6. The molecule has 5 heteroatoms. The Morgan fingerprint density at radius 1 is 1.04 bits per heavy atom. The monoisotopic (exact) mass is 363 g/mol. The maximum atomic E-state index is 12.7. The Balaban J connectivity index is 1.35. The number of fused-ring (bicyclic) bond motifs is 2. The van der Waals surface area contributed by atoms with Crippen molar-refractivity contribution in [1.29, 1.82) is 0 Å². The van der Waals surface area contributed by atoms with Crippen molar-refractivity contribution >= 4 is 17.6 Å². The van der Waals surface area contributed by atoms with E-state index in [1.54, 1.807) is 0 Å². The van der Waals surface area contributed by atoms with E-state index >= 15 is 0 Å². The molecule has 1 saturated heterocycles. The number of nitrogens with one attached hydrogen (secondary N) is 2. The van der Waals surface area contributed by atoms with Gasteiger partial charge in [-0.25, -0.2) is 4.79 Å².